The van der Waals surface area contributed by atoms with Crippen molar-refractivity contribution in [2.24, 2.45) is 0 Å². The zero-order chi connectivity index (χ0) is 12.3. The van der Waals surface area contributed by atoms with Gasteiger partial charge in [0.2, 0.25) is 0 Å². The van der Waals surface area contributed by atoms with Gasteiger partial charge in [0.1, 0.15) is 0 Å². The van der Waals surface area contributed by atoms with Crippen LogP contribution in [0, 0.1) is 6.92 Å². The van der Waals surface area contributed by atoms with Gasteiger partial charge in [0, 0.05) is 11.4 Å². The Balaban J connectivity index is 0.00000162. The van der Waals surface area contributed by atoms with Crippen LogP contribution < -0.4 is 11.1 Å². The van der Waals surface area contributed by atoms with E-state index >= 15 is 0 Å². The second-order valence-corrected chi connectivity index (χ2v) is 3.91. The van der Waals surface area contributed by atoms with Crippen molar-refractivity contribution in [1.82, 2.24) is 0 Å². The van der Waals surface area contributed by atoms with Crippen molar-refractivity contribution in [3.05, 3.63) is 59.7 Å². The van der Waals surface area contributed by atoms with Gasteiger partial charge < -0.3 is 11.1 Å². The molecular formula is C14H15ClN2O. The summed E-state index contributed by atoms with van der Waals surface area (Å²) in [6.07, 6.45) is 0. The van der Waals surface area contributed by atoms with Crippen LogP contribution in [-0.2, 0) is 0 Å². The smallest absolute Gasteiger partial charge is 0.257 e. The molecule has 0 aliphatic heterocycles. The van der Waals surface area contributed by atoms with Gasteiger partial charge >= 0.3 is 0 Å². The lowest BCUT2D eigenvalue weighted by atomic mass is 10.1. The second-order valence-electron chi connectivity index (χ2n) is 3.91. The van der Waals surface area contributed by atoms with Gasteiger partial charge in [-0.25, -0.2) is 0 Å². The van der Waals surface area contributed by atoms with E-state index in [9.17, 15) is 4.79 Å². The van der Waals surface area contributed by atoms with Crippen molar-refractivity contribution in [2.75, 3.05) is 11.1 Å². The van der Waals surface area contributed by atoms with Crippen molar-refractivity contribution in [3.8, 4) is 0 Å². The van der Waals surface area contributed by atoms with Gasteiger partial charge in [-0.3, -0.25) is 4.79 Å². The lowest BCUT2D eigenvalue weighted by Crippen LogP contribution is -2.13. The van der Waals surface area contributed by atoms with Crippen molar-refractivity contribution in [3.63, 3.8) is 0 Å². The minimum absolute atomic E-state index is 0. The normalized spacial score (nSPS) is 9.39. The third-order valence-electron chi connectivity index (χ3n) is 2.51. The Hall–Kier alpha value is -2.00. The van der Waals surface area contributed by atoms with Crippen LogP contribution in [0.2, 0.25) is 0 Å². The van der Waals surface area contributed by atoms with Crippen molar-refractivity contribution in [2.45, 2.75) is 6.92 Å². The standard InChI is InChI=1S/C14H14N2O.ClH/c1-10-6-8-11(9-7-10)16-14(17)12-4-2-3-5-13(12)15;/h2-9H,15H2,1H3,(H,16,17);1H. The van der Waals surface area contributed by atoms with E-state index in [1.807, 2.05) is 31.2 Å². The molecule has 2 aromatic rings. The first-order valence-corrected chi connectivity index (χ1v) is 5.39. The predicted octanol–water partition coefficient (Wildman–Crippen LogP) is 3.25. The molecule has 2 rings (SSSR count). The fourth-order valence-electron chi connectivity index (χ4n) is 1.54. The number of hydrogen-bond acceptors (Lipinski definition) is 2. The molecule has 0 radical (unpaired) electrons. The molecule has 0 aliphatic carbocycles. The molecule has 4 heteroatoms. The van der Waals surface area contributed by atoms with Crippen LogP contribution in [0.25, 0.3) is 0 Å². The first kappa shape index (κ1) is 14.1. The van der Waals surface area contributed by atoms with E-state index in [2.05, 4.69) is 5.32 Å². The number of carbonyl (C=O) groups is 1. The molecule has 0 spiro atoms. The molecule has 3 nitrogen and oxygen atoms in total. The van der Waals surface area contributed by atoms with Gasteiger partial charge in [-0.1, -0.05) is 29.8 Å². The molecule has 0 heterocycles. The minimum Gasteiger partial charge on any atom is -0.398 e. The zero-order valence-electron chi connectivity index (χ0n) is 10.0. The molecule has 0 atom stereocenters. The Kier molecular flexibility index (Phi) is 4.75. The topological polar surface area (TPSA) is 55.1 Å². The van der Waals surface area contributed by atoms with E-state index in [0.717, 1.165) is 11.3 Å². The molecule has 18 heavy (non-hydrogen) atoms. The maximum absolute atomic E-state index is 11.9. The van der Waals surface area contributed by atoms with Gasteiger partial charge in [-0.2, -0.15) is 0 Å². The van der Waals surface area contributed by atoms with E-state index in [0.29, 0.717) is 11.3 Å². The number of nitrogens with two attached hydrogens (primary N) is 1. The Bertz CT molecular complexity index is 538. The SMILES string of the molecule is Cc1ccc(NC(=O)c2ccccc2N)cc1.Cl. The van der Waals surface area contributed by atoms with Gasteiger partial charge in [0.15, 0.2) is 0 Å². The Morgan fingerprint density at radius 1 is 1.06 bits per heavy atom. The van der Waals surface area contributed by atoms with Crippen molar-refractivity contribution in [1.29, 1.82) is 0 Å². The van der Waals surface area contributed by atoms with Crippen LogP contribution in [0.15, 0.2) is 48.5 Å². The molecule has 2 aromatic carbocycles. The number of benzene rings is 2. The molecule has 94 valence electrons. The van der Waals surface area contributed by atoms with Gasteiger partial charge in [-0.15, -0.1) is 12.4 Å². The zero-order valence-corrected chi connectivity index (χ0v) is 10.8. The van der Waals surface area contributed by atoms with Gasteiger partial charge in [0.05, 0.1) is 5.56 Å². The minimum atomic E-state index is -0.188. The van der Waals surface area contributed by atoms with Crippen LogP contribution in [0.3, 0.4) is 0 Å². The highest BCUT2D eigenvalue weighted by Gasteiger charge is 2.08. The van der Waals surface area contributed by atoms with Gasteiger partial charge in [-0.05, 0) is 31.2 Å². The Labute approximate surface area is 112 Å². The lowest BCUT2D eigenvalue weighted by Gasteiger charge is -2.07. The quantitative estimate of drug-likeness (QED) is 0.817. The van der Waals surface area contributed by atoms with Crippen LogP contribution in [0.4, 0.5) is 11.4 Å². The molecular weight excluding hydrogens is 248 g/mol. The van der Waals surface area contributed by atoms with E-state index in [1.165, 1.54) is 0 Å². The molecule has 0 saturated carbocycles. The van der Waals surface area contributed by atoms with E-state index in [4.69, 9.17) is 5.73 Å². The summed E-state index contributed by atoms with van der Waals surface area (Å²) in [5.74, 6) is -0.188. The van der Waals surface area contributed by atoms with Crippen molar-refractivity contribution >= 4 is 29.7 Å². The fraction of sp³-hybridized carbons (Fsp3) is 0.0714. The first-order valence-electron chi connectivity index (χ1n) is 5.39. The maximum atomic E-state index is 11.9. The summed E-state index contributed by atoms with van der Waals surface area (Å²) in [6.45, 7) is 2.00. The maximum Gasteiger partial charge on any atom is 0.257 e. The average Bonchev–Trinajstić information content (AvgIpc) is 2.32. The monoisotopic (exact) mass is 262 g/mol. The lowest BCUT2D eigenvalue weighted by molar-refractivity contribution is 0.102. The molecule has 0 aromatic heterocycles. The Morgan fingerprint density at radius 3 is 2.28 bits per heavy atom. The third-order valence-corrected chi connectivity index (χ3v) is 2.51. The molecule has 0 unspecified atom stereocenters. The summed E-state index contributed by atoms with van der Waals surface area (Å²) in [6, 6.07) is 14.6. The van der Waals surface area contributed by atoms with E-state index < -0.39 is 0 Å². The number of amides is 1. The third kappa shape index (κ3) is 3.25. The fourth-order valence-corrected chi connectivity index (χ4v) is 1.54. The molecule has 0 fully saturated rings. The van der Waals surface area contributed by atoms with Crippen LogP contribution in [0.5, 0.6) is 0 Å². The molecule has 1 amide bonds. The summed E-state index contributed by atoms with van der Waals surface area (Å²) in [7, 11) is 0. The first-order chi connectivity index (χ1) is 8.16. The van der Waals surface area contributed by atoms with Crippen molar-refractivity contribution < 1.29 is 4.79 Å². The number of aryl methyl sites for hydroxylation is 1. The Morgan fingerprint density at radius 2 is 1.67 bits per heavy atom. The van der Waals surface area contributed by atoms with Crippen LogP contribution in [-0.4, -0.2) is 5.91 Å². The second kappa shape index (κ2) is 6.07. The number of carbonyl (C=O) groups excluding carboxylic acids is 1. The number of halogens is 1. The number of hydrogen-bond donors (Lipinski definition) is 2. The number of anilines is 2. The predicted molar refractivity (Wildman–Crippen MR) is 77.2 cm³/mol. The molecule has 0 aliphatic rings. The highest BCUT2D eigenvalue weighted by atomic mass is 35.5. The number of rotatable bonds is 2. The molecule has 3 N–H and O–H groups in total. The van der Waals surface area contributed by atoms with E-state index in [1.54, 1.807) is 24.3 Å². The highest BCUT2D eigenvalue weighted by molar-refractivity contribution is 6.07. The molecule has 0 bridgehead atoms. The van der Waals surface area contributed by atoms with Crippen LogP contribution >= 0.6 is 12.4 Å². The largest absolute Gasteiger partial charge is 0.398 e. The number of nitrogens with one attached hydrogen (secondary N) is 1. The average molecular weight is 263 g/mol. The van der Waals surface area contributed by atoms with Gasteiger partial charge in [0.25, 0.3) is 5.91 Å². The number of nitrogen functional groups attached to an aromatic ring is 1. The number of para-hydroxylation sites is 1. The summed E-state index contributed by atoms with van der Waals surface area (Å²) >= 11 is 0. The van der Waals surface area contributed by atoms with E-state index in [-0.39, 0.29) is 18.3 Å². The highest BCUT2D eigenvalue weighted by Crippen LogP contribution is 2.14. The summed E-state index contributed by atoms with van der Waals surface area (Å²) < 4.78 is 0. The summed E-state index contributed by atoms with van der Waals surface area (Å²) in [5.41, 5.74) is 8.64. The summed E-state index contributed by atoms with van der Waals surface area (Å²) in [4.78, 5) is 11.9. The summed E-state index contributed by atoms with van der Waals surface area (Å²) in [5, 5.41) is 2.81. The van der Waals surface area contributed by atoms with Crippen LogP contribution in [0.1, 0.15) is 15.9 Å². The molecule has 0 saturated heterocycles.